The molecule has 0 radical (unpaired) electrons. The summed E-state index contributed by atoms with van der Waals surface area (Å²) in [7, 11) is 1.83. The number of rotatable bonds is 5. The smallest absolute Gasteiger partial charge is 0.119 e. The molecule has 0 bridgehead atoms. The van der Waals surface area contributed by atoms with E-state index in [2.05, 4.69) is 17.2 Å². The summed E-state index contributed by atoms with van der Waals surface area (Å²) < 4.78 is 7.28. The Kier molecular flexibility index (Phi) is 3.94. The Balaban J connectivity index is 2.20. The summed E-state index contributed by atoms with van der Waals surface area (Å²) in [5.41, 5.74) is 8.07. The summed E-state index contributed by atoms with van der Waals surface area (Å²) in [5.74, 6) is 0.847. The molecule has 0 aliphatic carbocycles. The van der Waals surface area contributed by atoms with Crippen molar-refractivity contribution < 1.29 is 4.74 Å². The zero-order valence-electron chi connectivity index (χ0n) is 10.7. The molecular formula is C13H18N4O. The summed E-state index contributed by atoms with van der Waals surface area (Å²) in [6.07, 6.45) is 2.67. The fourth-order valence-corrected chi connectivity index (χ4v) is 1.77. The Morgan fingerprint density at radius 3 is 2.94 bits per heavy atom. The van der Waals surface area contributed by atoms with Gasteiger partial charge in [-0.1, -0.05) is 24.3 Å². The van der Waals surface area contributed by atoms with Crippen molar-refractivity contribution in [2.75, 3.05) is 6.61 Å². The lowest BCUT2D eigenvalue weighted by atomic mass is 10.0. The standard InChI is InChI=1S/C13H18N4O/c1-3-7-18-11-6-4-5-10(8-11)13(14)12-9-15-16-17(12)2/h4-6,8-9,13H,3,7,14H2,1-2H3. The summed E-state index contributed by atoms with van der Waals surface area (Å²) in [5, 5.41) is 7.73. The molecule has 2 aromatic rings. The molecule has 1 aromatic heterocycles. The van der Waals surface area contributed by atoms with Crippen LogP contribution in [0.25, 0.3) is 0 Å². The summed E-state index contributed by atoms with van der Waals surface area (Å²) in [6.45, 7) is 2.79. The lowest BCUT2D eigenvalue weighted by molar-refractivity contribution is 0.317. The molecule has 1 aromatic carbocycles. The van der Waals surface area contributed by atoms with E-state index in [1.807, 2.05) is 31.3 Å². The molecule has 0 aliphatic rings. The van der Waals surface area contributed by atoms with Crippen molar-refractivity contribution >= 4 is 0 Å². The zero-order valence-corrected chi connectivity index (χ0v) is 10.7. The summed E-state index contributed by atoms with van der Waals surface area (Å²) in [4.78, 5) is 0. The first-order valence-corrected chi connectivity index (χ1v) is 6.05. The highest BCUT2D eigenvalue weighted by atomic mass is 16.5. The predicted octanol–water partition coefficient (Wildman–Crippen LogP) is 1.65. The molecule has 0 spiro atoms. The van der Waals surface area contributed by atoms with Gasteiger partial charge in [-0.3, -0.25) is 4.68 Å². The van der Waals surface area contributed by atoms with Crippen LogP contribution in [0.15, 0.2) is 30.5 Å². The van der Waals surface area contributed by atoms with Gasteiger partial charge in [0.05, 0.1) is 24.5 Å². The van der Waals surface area contributed by atoms with Crippen LogP contribution in [0, 0.1) is 0 Å². The van der Waals surface area contributed by atoms with E-state index in [1.54, 1.807) is 10.9 Å². The van der Waals surface area contributed by atoms with Crippen molar-refractivity contribution in [2.24, 2.45) is 12.8 Å². The molecule has 96 valence electrons. The first-order chi connectivity index (χ1) is 8.72. The van der Waals surface area contributed by atoms with Gasteiger partial charge >= 0.3 is 0 Å². The van der Waals surface area contributed by atoms with Crippen LogP contribution in [0.3, 0.4) is 0 Å². The zero-order chi connectivity index (χ0) is 13.0. The van der Waals surface area contributed by atoms with Crippen LogP contribution in [-0.4, -0.2) is 21.6 Å². The number of benzene rings is 1. The molecule has 0 saturated carbocycles. The van der Waals surface area contributed by atoms with Crippen LogP contribution in [0.1, 0.15) is 30.6 Å². The Bertz CT molecular complexity index is 509. The largest absolute Gasteiger partial charge is 0.494 e. The minimum absolute atomic E-state index is 0.241. The molecule has 1 unspecified atom stereocenters. The fourth-order valence-electron chi connectivity index (χ4n) is 1.77. The molecule has 0 amide bonds. The average molecular weight is 246 g/mol. The van der Waals surface area contributed by atoms with E-state index in [1.165, 1.54) is 0 Å². The van der Waals surface area contributed by atoms with Crippen LogP contribution in [0.4, 0.5) is 0 Å². The third kappa shape index (κ3) is 2.68. The number of aromatic nitrogens is 3. The quantitative estimate of drug-likeness (QED) is 0.871. The van der Waals surface area contributed by atoms with Crippen molar-refractivity contribution in [3.63, 3.8) is 0 Å². The topological polar surface area (TPSA) is 66.0 Å². The number of ether oxygens (including phenoxy) is 1. The van der Waals surface area contributed by atoms with E-state index < -0.39 is 0 Å². The van der Waals surface area contributed by atoms with Gasteiger partial charge in [0.25, 0.3) is 0 Å². The van der Waals surface area contributed by atoms with Crippen LogP contribution >= 0.6 is 0 Å². The van der Waals surface area contributed by atoms with Gasteiger partial charge < -0.3 is 10.5 Å². The molecule has 1 atom stereocenters. The third-order valence-corrected chi connectivity index (χ3v) is 2.76. The van der Waals surface area contributed by atoms with Crippen LogP contribution in [0.2, 0.25) is 0 Å². The SMILES string of the molecule is CCCOc1cccc(C(N)c2cnnn2C)c1. The molecule has 18 heavy (non-hydrogen) atoms. The minimum Gasteiger partial charge on any atom is -0.494 e. The van der Waals surface area contributed by atoms with E-state index in [0.29, 0.717) is 6.61 Å². The van der Waals surface area contributed by atoms with Gasteiger partial charge in [0.15, 0.2) is 0 Å². The van der Waals surface area contributed by atoms with Crippen molar-refractivity contribution in [3.8, 4) is 5.75 Å². The fraction of sp³-hybridized carbons (Fsp3) is 0.385. The molecule has 2 N–H and O–H groups in total. The van der Waals surface area contributed by atoms with Gasteiger partial charge in [0, 0.05) is 7.05 Å². The monoisotopic (exact) mass is 246 g/mol. The molecule has 0 fully saturated rings. The Morgan fingerprint density at radius 2 is 2.28 bits per heavy atom. The predicted molar refractivity (Wildman–Crippen MR) is 69.3 cm³/mol. The van der Waals surface area contributed by atoms with E-state index in [4.69, 9.17) is 10.5 Å². The van der Waals surface area contributed by atoms with Gasteiger partial charge in [-0.15, -0.1) is 5.10 Å². The Hall–Kier alpha value is -1.88. The van der Waals surface area contributed by atoms with Crippen LogP contribution < -0.4 is 10.5 Å². The molecule has 2 rings (SSSR count). The van der Waals surface area contributed by atoms with Crippen molar-refractivity contribution in [1.29, 1.82) is 0 Å². The first-order valence-electron chi connectivity index (χ1n) is 6.05. The number of aryl methyl sites for hydroxylation is 1. The van der Waals surface area contributed by atoms with E-state index in [-0.39, 0.29) is 6.04 Å². The van der Waals surface area contributed by atoms with E-state index in [9.17, 15) is 0 Å². The highest BCUT2D eigenvalue weighted by Gasteiger charge is 2.13. The lowest BCUT2D eigenvalue weighted by Gasteiger charge is -2.13. The maximum atomic E-state index is 6.20. The van der Waals surface area contributed by atoms with Gasteiger partial charge in [0.1, 0.15) is 5.75 Å². The van der Waals surface area contributed by atoms with Crippen molar-refractivity contribution in [3.05, 3.63) is 41.7 Å². The van der Waals surface area contributed by atoms with E-state index >= 15 is 0 Å². The van der Waals surface area contributed by atoms with Gasteiger partial charge in [0.2, 0.25) is 0 Å². The normalized spacial score (nSPS) is 12.4. The average Bonchev–Trinajstić information content (AvgIpc) is 2.82. The van der Waals surface area contributed by atoms with Crippen molar-refractivity contribution in [2.45, 2.75) is 19.4 Å². The van der Waals surface area contributed by atoms with Gasteiger partial charge in [-0.25, -0.2) is 0 Å². The second-order valence-corrected chi connectivity index (χ2v) is 4.18. The van der Waals surface area contributed by atoms with Gasteiger partial charge in [-0.2, -0.15) is 0 Å². The first kappa shape index (κ1) is 12.6. The highest BCUT2D eigenvalue weighted by Crippen LogP contribution is 2.22. The second kappa shape index (κ2) is 5.64. The molecule has 0 saturated heterocycles. The molecule has 1 heterocycles. The lowest BCUT2D eigenvalue weighted by Crippen LogP contribution is -2.16. The summed E-state index contributed by atoms with van der Waals surface area (Å²) in [6, 6.07) is 7.59. The molecule has 0 aliphatic heterocycles. The van der Waals surface area contributed by atoms with Crippen LogP contribution in [-0.2, 0) is 7.05 Å². The van der Waals surface area contributed by atoms with Crippen molar-refractivity contribution in [1.82, 2.24) is 15.0 Å². The Labute approximate surface area is 107 Å². The second-order valence-electron chi connectivity index (χ2n) is 4.18. The minimum atomic E-state index is -0.241. The Morgan fingerprint density at radius 1 is 1.44 bits per heavy atom. The summed E-state index contributed by atoms with van der Waals surface area (Å²) >= 11 is 0. The molecule has 5 heteroatoms. The number of hydrogen-bond acceptors (Lipinski definition) is 4. The maximum Gasteiger partial charge on any atom is 0.119 e. The maximum absolute atomic E-state index is 6.20. The van der Waals surface area contributed by atoms with Gasteiger partial charge in [-0.05, 0) is 24.1 Å². The number of hydrogen-bond donors (Lipinski definition) is 1. The molecule has 5 nitrogen and oxygen atoms in total. The molecular weight excluding hydrogens is 228 g/mol. The van der Waals surface area contributed by atoms with Crippen LogP contribution in [0.5, 0.6) is 5.75 Å². The number of nitrogens with zero attached hydrogens (tertiary/aromatic N) is 3. The highest BCUT2D eigenvalue weighted by molar-refractivity contribution is 5.33. The number of nitrogens with two attached hydrogens (primary N) is 1. The van der Waals surface area contributed by atoms with E-state index in [0.717, 1.165) is 23.4 Å². The third-order valence-electron chi connectivity index (χ3n) is 2.76.